The maximum Gasteiger partial charge on any atom is 0.326 e. The minimum absolute atomic E-state index is 0.0716. The standard InChI is InChI=1S/C51H88N2O5/c1-3-5-7-9-11-13-14-15-16-17-18-19-20-21-22-23-24-25-26-27-29-35-39-45-50(55)58-47(41-36-32-28-12-10-8-6-4-2)42-37-33-30-31-34-38-44-49(54)53-48(51(56)57)43-40-46-52/h5,7,11,13,15-16,18-19,21-22,36,41,47-48H,3-4,6,8-10,12,14,17,20,23-35,37-40,42-46,52H2,1-2H3,(H,53,54)(H,56,57)/b7-5-,13-11-,16-15-,19-18-,22-21-,41-36-. The van der Waals surface area contributed by atoms with Crippen LogP contribution in [0.3, 0.4) is 0 Å². The maximum absolute atomic E-state index is 12.8. The lowest BCUT2D eigenvalue weighted by molar-refractivity contribution is -0.147. The van der Waals surface area contributed by atoms with E-state index in [1.54, 1.807) is 0 Å². The molecular formula is C51H88N2O5. The molecule has 0 rings (SSSR count). The van der Waals surface area contributed by atoms with E-state index in [1.807, 2.05) is 0 Å². The fourth-order valence-electron chi connectivity index (χ4n) is 6.68. The van der Waals surface area contributed by atoms with Gasteiger partial charge in [0.15, 0.2) is 0 Å². The summed E-state index contributed by atoms with van der Waals surface area (Å²) >= 11 is 0. The molecule has 0 aromatic heterocycles. The molecule has 2 unspecified atom stereocenters. The third-order valence-corrected chi connectivity index (χ3v) is 10.2. The molecule has 0 saturated carbocycles. The van der Waals surface area contributed by atoms with Crippen molar-refractivity contribution in [2.75, 3.05) is 6.54 Å². The summed E-state index contributed by atoms with van der Waals surface area (Å²) in [5, 5.41) is 11.9. The van der Waals surface area contributed by atoms with Crippen LogP contribution in [-0.4, -0.2) is 41.6 Å². The number of hydrogen-bond donors (Lipinski definition) is 3. The van der Waals surface area contributed by atoms with Crippen LogP contribution in [0.4, 0.5) is 0 Å². The van der Waals surface area contributed by atoms with E-state index >= 15 is 0 Å². The maximum atomic E-state index is 12.8. The highest BCUT2D eigenvalue weighted by atomic mass is 16.5. The predicted octanol–water partition coefficient (Wildman–Crippen LogP) is 13.9. The number of carbonyl (C=O) groups excluding carboxylic acids is 2. The topological polar surface area (TPSA) is 119 Å². The summed E-state index contributed by atoms with van der Waals surface area (Å²) in [7, 11) is 0. The van der Waals surface area contributed by atoms with Crippen molar-refractivity contribution >= 4 is 17.8 Å². The van der Waals surface area contributed by atoms with Gasteiger partial charge in [-0.25, -0.2) is 4.79 Å². The highest BCUT2D eigenvalue weighted by Crippen LogP contribution is 2.16. The number of amides is 1. The lowest BCUT2D eigenvalue weighted by Gasteiger charge is -2.15. The Hall–Kier alpha value is -3.19. The van der Waals surface area contributed by atoms with Crippen molar-refractivity contribution in [2.24, 2.45) is 5.73 Å². The van der Waals surface area contributed by atoms with Crippen molar-refractivity contribution in [3.8, 4) is 0 Å². The number of aliphatic carboxylic acids is 1. The quantitative estimate of drug-likeness (QED) is 0.0321. The molecule has 7 heteroatoms. The van der Waals surface area contributed by atoms with Crippen molar-refractivity contribution in [3.63, 3.8) is 0 Å². The van der Waals surface area contributed by atoms with Crippen LogP contribution in [0.5, 0.6) is 0 Å². The molecule has 7 nitrogen and oxygen atoms in total. The van der Waals surface area contributed by atoms with Crippen LogP contribution in [-0.2, 0) is 19.1 Å². The van der Waals surface area contributed by atoms with Gasteiger partial charge in [0.25, 0.3) is 0 Å². The predicted molar refractivity (Wildman–Crippen MR) is 248 cm³/mol. The smallest absolute Gasteiger partial charge is 0.326 e. The molecule has 332 valence electrons. The molecule has 4 N–H and O–H groups in total. The van der Waals surface area contributed by atoms with Crippen LogP contribution in [0.2, 0.25) is 0 Å². The lowest BCUT2D eigenvalue weighted by atomic mass is 10.0. The number of esters is 1. The molecule has 0 fully saturated rings. The Morgan fingerprint density at radius 3 is 1.53 bits per heavy atom. The van der Waals surface area contributed by atoms with E-state index in [1.165, 1.54) is 70.6 Å². The van der Waals surface area contributed by atoms with Crippen LogP contribution >= 0.6 is 0 Å². The van der Waals surface area contributed by atoms with Crippen molar-refractivity contribution in [1.82, 2.24) is 5.32 Å². The molecule has 0 bridgehead atoms. The molecular weight excluding hydrogens is 721 g/mol. The second kappa shape index (κ2) is 44.9. The number of ether oxygens (including phenoxy) is 1. The molecule has 0 aliphatic heterocycles. The Morgan fingerprint density at radius 2 is 1.00 bits per heavy atom. The van der Waals surface area contributed by atoms with Gasteiger partial charge in [-0.2, -0.15) is 0 Å². The number of carboxylic acid groups (broad SMARTS) is 1. The molecule has 0 radical (unpaired) electrons. The average Bonchev–Trinajstić information content (AvgIpc) is 3.21. The summed E-state index contributed by atoms with van der Waals surface area (Å²) in [6.07, 6.45) is 58.3. The monoisotopic (exact) mass is 809 g/mol. The number of nitrogens with two attached hydrogens (primary N) is 1. The number of hydrogen-bond acceptors (Lipinski definition) is 5. The summed E-state index contributed by atoms with van der Waals surface area (Å²) < 4.78 is 5.97. The molecule has 0 spiro atoms. The third kappa shape index (κ3) is 41.0. The summed E-state index contributed by atoms with van der Waals surface area (Å²) in [5.41, 5.74) is 5.48. The van der Waals surface area contributed by atoms with Crippen LogP contribution in [0.25, 0.3) is 0 Å². The Kier molecular flexibility index (Phi) is 42.4. The van der Waals surface area contributed by atoms with Crippen molar-refractivity contribution in [1.29, 1.82) is 0 Å². The van der Waals surface area contributed by atoms with Crippen LogP contribution in [0.1, 0.15) is 213 Å². The van der Waals surface area contributed by atoms with Gasteiger partial charge in [-0.05, 0) is 109 Å². The number of nitrogens with one attached hydrogen (secondary N) is 1. The van der Waals surface area contributed by atoms with E-state index < -0.39 is 12.0 Å². The van der Waals surface area contributed by atoms with E-state index in [-0.39, 0.29) is 18.0 Å². The van der Waals surface area contributed by atoms with E-state index in [0.29, 0.717) is 32.2 Å². The van der Waals surface area contributed by atoms with E-state index in [9.17, 15) is 19.5 Å². The van der Waals surface area contributed by atoms with Gasteiger partial charge in [-0.15, -0.1) is 0 Å². The van der Waals surface area contributed by atoms with E-state index in [2.05, 4.69) is 92.1 Å². The largest absolute Gasteiger partial charge is 0.480 e. The SMILES string of the molecule is CC/C=C\C/C=C\C/C=C\C/C=C\C/C=C\CCCCCCCCCC(=O)OC(/C=C\CCCCCCCC)CCCCCCCCC(=O)NC(CCCN)C(=O)O. The summed E-state index contributed by atoms with van der Waals surface area (Å²) in [4.78, 5) is 36.3. The van der Waals surface area contributed by atoms with Gasteiger partial charge >= 0.3 is 11.9 Å². The highest BCUT2D eigenvalue weighted by molar-refractivity contribution is 5.83. The third-order valence-electron chi connectivity index (χ3n) is 10.2. The molecule has 0 aromatic carbocycles. The van der Waals surface area contributed by atoms with Crippen molar-refractivity contribution in [3.05, 3.63) is 72.9 Å². The number of rotatable bonds is 42. The zero-order valence-corrected chi connectivity index (χ0v) is 37.4. The van der Waals surface area contributed by atoms with Crippen molar-refractivity contribution in [2.45, 2.75) is 225 Å². The first-order valence-corrected chi connectivity index (χ1v) is 23.8. The second-order valence-electron chi connectivity index (χ2n) is 15.8. The Bertz CT molecular complexity index is 1140. The highest BCUT2D eigenvalue weighted by Gasteiger charge is 2.18. The molecule has 0 heterocycles. The first-order valence-electron chi connectivity index (χ1n) is 23.8. The van der Waals surface area contributed by atoms with Gasteiger partial charge in [-0.1, -0.05) is 171 Å². The summed E-state index contributed by atoms with van der Waals surface area (Å²) in [6.45, 7) is 4.82. The molecule has 58 heavy (non-hydrogen) atoms. The molecule has 1 amide bonds. The Labute approximate surface area is 356 Å². The fourth-order valence-corrected chi connectivity index (χ4v) is 6.68. The number of unbranched alkanes of at least 4 members (excludes halogenated alkanes) is 18. The van der Waals surface area contributed by atoms with Crippen molar-refractivity contribution < 1.29 is 24.2 Å². The lowest BCUT2D eigenvalue weighted by Crippen LogP contribution is -2.40. The minimum atomic E-state index is -1.01. The number of carbonyl (C=O) groups is 3. The molecule has 0 aliphatic rings. The average molecular weight is 809 g/mol. The molecule has 0 saturated heterocycles. The minimum Gasteiger partial charge on any atom is -0.480 e. The van der Waals surface area contributed by atoms with Crippen LogP contribution in [0, 0.1) is 0 Å². The zero-order chi connectivity index (χ0) is 42.4. The Balaban J connectivity index is 4.18. The zero-order valence-electron chi connectivity index (χ0n) is 37.4. The first kappa shape index (κ1) is 54.8. The number of allylic oxidation sites excluding steroid dienone is 11. The van der Waals surface area contributed by atoms with E-state index in [0.717, 1.165) is 103 Å². The van der Waals surface area contributed by atoms with Crippen LogP contribution in [0.15, 0.2) is 72.9 Å². The van der Waals surface area contributed by atoms with Gasteiger partial charge in [0.1, 0.15) is 12.1 Å². The van der Waals surface area contributed by atoms with Gasteiger partial charge in [-0.3, -0.25) is 9.59 Å². The van der Waals surface area contributed by atoms with Gasteiger partial charge in [0, 0.05) is 12.8 Å². The molecule has 2 atom stereocenters. The fraction of sp³-hybridized carbons (Fsp3) is 0.706. The Morgan fingerprint density at radius 1 is 0.534 bits per heavy atom. The van der Waals surface area contributed by atoms with E-state index in [4.69, 9.17) is 10.5 Å². The van der Waals surface area contributed by atoms with Crippen LogP contribution < -0.4 is 11.1 Å². The summed E-state index contributed by atoms with van der Waals surface area (Å²) in [5.74, 6) is -1.28. The van der Waals surface area contributed by atoms with Gasteiger partial charge < -0.3 is 20.9 Å². The first-order chi connectivity index (χ1) is 28.4. The molecule has 0 aromatic rings. The molecule has 0 aliphatic carbocycles. The number of carboxylic acids is 1. The summed E-state index contributed by atoms with van der Waals surface area (Å²) in [6, 6.07) is -0.857. The van der Waals surface area contributed by atoms with Gasteiger partial charge in [0.05, 0.1) is 0 Å². The normalized spacial score (nSPS) is 13.3. The second-order valence-corrected chi connectivity index (χ2v) is 15.8. The van der Waals surface area contributed by atoms with Gasteiger partial charge in [0.2, 0.25) is 5.91 Å².